The molecule has 3 rings (SSSR count). The minimum atomic E-state index is -0.575. The molecule has 0 aromatic heterocycles. The summed E-state index contributed by atoms with van der Waals surface area (Å²) < 4.78 is 5.21. The number of hydrogen-bond acceptors (Lipinski definition) is 9. The predicted octanol–water partition coefficient (Wildman–Crippen LogP) is 1.26. The zero-order chi connectivity index (χ0) is 24.0. The second-order valence-electron chi connectivity index (χ2n) is 8.72. The molecule has 33 heavy (non-hydrogen) atoms. The summed E-state index contributed by atoms with van der Waals surface area (Å²) in [6.45, 7) is 2.34. The van der Waals surface area contributed by atoms with Crippen molar-refractivity contribution in [3.63, 3.8) is 0 Å². The van der Waals surface area contributed by atoms with Crippen molar-refractivity contribution < 1.29 is 38.3 Å². The summed E-state index contributed by atoms with van der Waals surface area (Å²) in [4.78, 5) is 77.8. The lowest BCUT2D eigenvalue weighted by atomic mass is 9.82. The van der Waals surface area contributed by atoms with Crippen LogP contribution in [0.4, 0.5) is 0 Å². The van der Waals surface area contributed by atoms with Gasteiger partial charge in [0.05, 0.1) is 11.2 Å². The smallest absolute Gasteiger partial charge is 0.336 e. The number of imide groups is 2. The van der Waals surface area contributed by atoms with Gasteiger partial charge in [0.2, 0.25) is 11.8 Å². The number of amides is 4. The summed E-state index contributed by atoms with van der Waals surface area (Å²) in [5.41, 5.74) is 0. The number of carbonyl (C=O) groups excluding carboxylic acids is 6. The average molecular weight is 483 g/mol. The van der Waals surface area contributed by atoms with Gasteiger partial charge in [-0.2, -0.15) is 0 Å². The second kappa shape index (κ2) is 11.7. The third kappa shape index (κ3) is 6.86. The van der Waals surface area contributed by atoms with Crippen molar-refractivity contribution in [1.82, 2.24) is 9.96 Å². The topological polar surface area (TPSA) is 127 Å². The molecule has 1 unspecified atom stereocenters. The number of nitrogens with zero attached hydrogens (tertiary/aromatic N) is 2. The lowest BCUT2D eigenvalue weighted by Crippen LogP contribution is -2.39. The van der Waals surface area contributed by atoms with Crippen molar-refractivity contribution in [2.75, 3.05) is 25.5 Å². The Kier molecular flexibility index (Phi) is 9.02. The molecular weight excluding hydrogens is 452 g/mol. The molecule has 3 aliphatic rings. The molecular formula is C22H30N2O8S. The maximum Gasteiger partial charge on any atom is 0.336 e. The normalized spacial score (nSPS) is 25.8. The third-order valence-electron chi connectivity index (χ3n) is 6.07. The summed E-state index contributed by atoms with van der Waals surface area (Å²) in [5.74, 6) is -1.55. The van der Waals surface area contributed by atoms with Gasteiger partial charge in [0.15, 0.2) is 5.78 Å². The van der Waals surface area contributed by atoms with Gasteiger partial charge < -0.3 is 9.57 Å². The first kappa shape index (κ1) is 25.4. The van der Waals surface area contributed by atoms with Gasteiger partial charge in [-0.3, -0.25) is 28.9 Å². The highest BCUT2D eigenvalue weighted by Crippen LogP contribution is 2.33. The van der Waals surface area contributed by atoms with E-state index in [1.54, 1.807) is 0 Å². The van der Waals surface area contributed by atoms with E-state index in [0.29, 0.717) is 56.1 Å². The van der Waals surface area contributed by atoms with Gasteiger partial charge in [0.1, 0.15) is 6.61 Å². The van der Waals surface area contributed by atoms with Crippen LogP contribution in [0.5, 0.6) is 0 Å². The maximum absolute atomic E-state index is 12.7. The quantitative estimate of drug-likeness (QED) is 0.316. The molecule has 182 valence electrons. The third-order valence-corrected chi connectivity index (χ3v) is 7.36. The predicted molar refractivity (Wildman–Crippen MR) is 116 cm³/mol. The number of Topliss-reactive ketones (excluding diaryl/α,β-unsaturated/α-hetero) is 1. The van der Waals surface area contributed by atoms with Crippen LogP contribution in [0.15, 0.2) is 0 Å². The highest BCUT2D eigenvalue weighted by molar-refractivity contribution is 8.00. The number of thioether (sulfide) groups is 1. The number of hydroxylamine groups is 2. The molecule has 0 aromatic carbocycles. The Bertz CT molecular complexity index is 792. The molecule has 2 saturated heterocycles. The number of ether oxygens (including phenoxy) is 1. The fourth-order valence-corrected chi connectivity index (χ4v) is 5.34. The minimum Gasteiger partial charge on any atom is -0.374 e. The second-order valence-corrected chi connectivity index (χ2v) is 10.0. The van der Waals surface area contributed by atoms with Crippen LogP contribution in [0, 0.1) is 11.8 Å². The molecule has 0 spiro atoms. The molecule has 0 radical (unpaired) electrons. The molecule has 11 heteroatoms. The van der Waals surface area contributed by atoms with Crippen molar-refractivity contribution >= 4 is 47.1 Å². The number of carbonyl (C=O) groups is 6. The Balaban J connectivity index is 1.37. The van der Waals surface area contributed by atoms with Crippen LogP contribution < -0.4 is 0 Å². The standard InChI is InChI=1S/C22H30N2O8S/c1-14(25)13-31-9-2-10-33-17-11-20(28)23(21(17)29)12-15-3-5-16(6-4-15)22(30)32-24-18(26)7-8-19(24)27/h15-17H,2-13H2,1H3. The van der Waals surface area contributed by atoms with Crippen molar-refractivity contribution in [2.24, 2.45) is 11.8 Å². The number of ketones is 1. The molecule has 3 fully saturated rings. The summed E-state index contributed by atoms with van der Waals surface area (Å²) >= 11 is 1.44. The Morgan fingerprint density at radius 2 is 1.67 bits per heavy atom. The van der Waals surface area contributed by atoms with Crippen LogP contribution in [0.1, 0.15) is 58.3 Å². The van der Waals surface area contributed by atoms with Gasteiger partial charge in [-0.15, -0.1) is 16.8 Å². The van der Waals surface area contributed by atoms with Gasteiger partial charge in [-0.1, -0.05) is 0 Å². The Morgan fingerprint density at radius 1 is 1.00 bits per heavy atom. The van der Waals surface area contributed by atoms with Gasteiger partial charge in [-0.25, -0.2) is 4.79 Å². The van der Waals surface area contributed by atoms with Crippen LogP contribution >= 0.6 is 11.8 Å². The molecule has 1 saturated carbocycles. The Labute approximate surface area is 196 Å². The average Bonchev–Trinajstić information content (AvgIpc) is 3.23. The molecule has 1 aliphatic carbocycles. The monoisotopic (exact) mass is 482 g/mol. The minimum absolute atomic E-state index is 0.0300. The highest BCUT2D eigenvalue weighted by Gasteiger charge is 2.41. The fourth-order valence-electron chi connectivity index (χ4n) is 4.24. The summed E-state index contributed by atoms with van der Waals surface area (Å²) in [5, 5.41) is 0.190. The zero-order valence-electron chi connectivity index (χ0n) is 18.8. The molecule has 2 heterocycles. The zero-order valence-corrected chi connectivity index (χ0v) is 19.6. The van der Waals surface area contributed by atoms with E-state index in [9.17, 15) is 28.8 Å². The first-order valence-corrected chi connectivity index (χ1v) is 12.4. The van der Waals surface area contributed by atoms with Crippen molar-refractivity contribution in [2.45, 2.75) is 63.5 Å². The lowest BCUT2D eigenvalue weighted by Gasteiger charge is -2.30. The van der Waals surface area contributed by atoms with E-state index in [-0.39, 0.29) is 54.6 Å². The summed E-state index contributed by atoms with van der Waals surface area (Å²) in [6.07, 6.45) is 3.37. The van der Waals surface area contributed by atoms with Crippen molar-refractivity contribution in [3.05, 3.63) is 0 Å². The maximum atomic E-state index is 12.7. The SMILES string of the molecule is CC(=O)COCCCSC1CC(=O)N(CC2CCC(C(=O)ON3C(=O)CCC3=O)CC2)C1=O. The van der Waals surface area contributed by atoms with Gasteiger partial charge in [0, 0.05) is 32.4 Å². The van der Waals surface area contributed by atoms with E-state index in [1.807, 2.05) is 0 Å². The van der Waals surface area contributed by atoms with Gasteiger partial charge in [0.25, 0.3) is 11.8 Å². The molecule has 1 atom stereocenters. The van der Waals surface area contributed by atoms with E-state index in [0.717, 1.165) is 0 Å². The molecule has 0 aromatic rings. The largest absolute Gasteiger partial charge is 0.374 e. The number of hydrogen-bond donors (Lipinski definition) is 0. The van der Waals surface area contributed by atoms with Gasteiger partial charge in [-0.05, 0) is 50.7 Å². The Hall–Kier alpha value is -2.27. The van der Waals surface area contributed by atoms with Crippen LogP contribution in [0.2, 0.25) is 0 Å². The van der Waals surface area contributed by atoms with Crippen LogP contribution in [-0.4, -0.2) is 76.1 Å². The molecule has 0 bridgehead atoms. The molecule has 0 N–H and O–H groups in total. The van der Waals surface area contributed by atoms with Crippen LogP contribution in [0.3, 0.4) is 0 Å². The summed E-state index contributed by atoms with van der Waals surface area (Å²) in [7, 11) is 0. The van der Waals surface area contributed by atoms with E-state index in [2.05, 4.69) is 0 Å². The summed E-state index contributed by atoms with van der Waals surface area (Å²) in [6, 6.07) is 0. The van der Waals surface area contributed by atoms with Crippen molar-refractivity contribution in [1.29, 1.82) is 0 Å². The van der Waals surface area contributed by atoms with Crippen LogP contribution in [-0.2, 0) is 38.3 Å². The van der Waals surface area contributed by atoms with E-state index < -0.39 is 23.7 Å². The lowest BCUT2D eigenvalue weighted by molar-refractivity contribution is -0.201. The highest BCUT2D eigenvalue weighted by atomic mass is 32.2. The fraction of sp³-hybridized carbons (Fsp3) is 0.727. The van der Waals surface area contributed by atoms with Crippen molar-refractivity contribution in [3.8, 4) is 0 Å². The van der Waals surface area contributed by atoms with E-state index >= 15 is 0 Å². The first-order valence-electron chi connectivity index (χ1n) is 11.4. The Morgan fingerprint density at radius 3 is 2.30 bits per heavy atom. The number of likely N-dealkylation sites (tertiary alicyclic amines) is 1. The van der Waals surface area contributed by atoms with Gasteiger partial charge >= 0.3 is 5.97 Å². The van der Waals surface area contributed by atoms with Crippen LogP contribution in [0.25, 0.3) is 0 Å². The van der Waals surface area contributed by atoms with E-state index in [4.69, 9.17) is 9.57 Å². The molecule has 2 aliphatic heterocycles. The first-order chi connectivity index (χ1) is 15.8. The molecule has 10 nitrogen and oxygen atoms in total. The molecule has 4 amide bonds. The number of rotatable bonds is 11. The van der Waals surface area contributed by atoms with E-state index in [1.165, 1.54) is 23.6 Å².